The molecule has 6 atom stereocenters. The lowest BCUT2D eigenvalue weighted by molar-refractivity contribution is -0.123. The summed E-state index contributed by atoms with van der Waals surface area (Å²) in [7, 11) is 0. The quantitative estimate of drug-likeness (QED) is 0.486. The van der Waals surface area contributed by atoms with E-state index in [0.717, 1.165) is 17.2 Å². The highest BCUT2D eigenvalue weighted by atomic mass is 79.9. The van der Waals surface area contributed by atoms with Crippen molar-refractivity contribution in [3.8, 4) is 0 Å². The second kappa shape index (κ2) is 5.15. The fraction of sp³-hybridized carbons (Fsp3) is 0.368. The van der Waals surface area contributed by atoms with Gasteiger partial charge in [0.1, 0.15) is 0 Å². The molecule has 0 N–H and O–H groups in total. The van der Waals surface area contributed by atoms with Crippen LogP contribution in [-0.2, 0) is 9.59 Å². The average molecular weight is 449 g/mol. The van der Waals surface area contributed by atoms with Crippen molar-refractivity contribution >= 4 is 60.1 Å². The van der Waals surface area contributed by atoms with Crippen LogP contribution in [0.15, 0.2) is 42.5 Å². The number of hydrogen-bond acceptors (Lipinski definition) is 2. The maximum absolute atomic E-state index is 13.0. The lowest BCUT2D eigenvalue weighted by Gasteiger charge is -2.28. The Balaban J connectivity index is 1.57. The molecule has 5 rings (SSSR count). The van der Waals surface area contributed by atoms with Crippen LogP contribution in [0.1, 0.15) is 6.42 Å². The number of rotatable bonds is 1. The van der Waals surface area contributed by atoms with Crippen molar-refractivity contribution in [2.45, 2.75) is 16.1 Å². The Morgan fingerprint density at radius 2 is 1.42 bits per heavy atom. The Morgan fingerprint density at radius 3 is 2.04 bits per heavy atom. The molecule has 0 spiro atoms. The molecule has 2 bridgehead atoms. The number of carbonyl (C=O) groups excluding carboxylic acids is 2. The second-order valence-electron chi connectivity index (χ2n) is 7.05. The smallest absolute Gasteiger partial charge is 0.238 e. The van der Waals surface area contributed by atoms with Gasteiger partial charge in [0.25, 0.3) is 0 Å². The number of fused-ring (bicyclic) bond motifs is 6. The summed E-state index contributed by atoms with van der Waals surface area (Å²) in [6.45, 7) is 0. The Bertz CT molecular complexity index is 851. The molecular weight excluding hydrogens is 434 g/mol. The molecule has 3 fully saturated rings. The Morgan fingerprint density at radius 1 is 0.833 bits per heavy atom. The Kier molecular flexibility index (Phi) is 3.24. The molecule has 24 heavy (non-hydrogen) atoms. The summed E-state index contributed by atoms with van der Waals surface area (Å²) in [4.78, 5) is 28.1. The minimum atomic E-state index is -0.160. The highest BCUT2D eigenvalue weighted by molar-refractivity contribution is 9.12. The number of benzene rings is 2. The van der Waals surface area contributed by atoms with Crippen LogP contribution in [0.5, 0.6) is 0 Å². The van der Waals surface area contributed by atoms with E-state index in [1.165, 1.54) is 4.90 Å². The normalized spacial score (nSPS) is 37.5. The third-order valence-corrected chi connectivity index (χ3v) is 9.18. The number of alkyl halides is 2. The van der Waals surface area contributed by atoms with Gasteiger partial charge in [-0.2, -0.15) is 0 Å². The molecule has 2 saturated carbocycles. The summed E-state index contributed by atoms with van der Waals surface area (Å²) in [5.41, 5.74) is 0.703. The van der Waals surface area contributed by atoms with E-state index in [4.69, 9.17) is 0 Å². The van der Waals surface area contributed by atoms with E-state index in [2.05, 4.69) is 31.9 Å². The van der Waals surface area contributed by atoms with Gasteiger partial charge in [0.05, 0.1) is 17.5 Å². The fourth-order valence-electron chi connectivity index (χ4n) is 4.92. The van der Waals surface area contributed by atoms with E-state index in [9.17, 15) is 9.59 Å². The molecule has 2 aromatic rings. The molecule has 5 heteroatoms. The maximum atomic E-state index is 13.0. The molecule has 0 radical (unpaired) electrons. The first kappa shape index (κ1) is 15.1. The largest absolute Gasteiger partial charge is 0.274 e. The van der Waals surface area contributed by atoms with Gasteiger partial charge in [-0.05, 0) is 41.2 Å². The number of amides is 2. The van der Waals surface area contributed by atoms with Gasteiger partial charge >= 0.3 is 0 Å². The molecule has 2 aliphatic carbocycles. The summed E-state index contributed by atoms with van der Waals surface area (Å²) >= 11 is 7.45. The highest BCUT2D eigenvalue weighted by Gasteiger charge is 2.66. The van der Waals surface area contributed by atoms with Crippen molar-refractivity contribution in [3.05, 3.63) is 42.5 Å². The standard InChI is InChI=1S/C19H15Br2NO2/c20-16-12-8-13(17(16)21)15-14(12)18(23)22(19(15)24)11-6-5-9-3-1-2-4-10(9)7-11/h1-7,12-17H,8H2/t12-,13-,14-,15+,16+,17+/m1/s1. The van der Waals surface area contributed by atoms with Crippen molar-refractivity contribution in [3.63, 3.8) is 0 Å². The van der Waals surface area contributed by atoms with Crippen LogP contribution in [-0.4, -0.2) is 21.5 Å². The van der Waals surface area contributed by atoms with Crippen LogP contribution in [0.2, 0.25) is 0 Å². The fourth-order valence-corrected chi connectivity index (χ4v) is 6.79. The van der Waals surface area contributed by atoms with E-state index >= 15 is 0 Å². The minimum absolute atomic E-state index is 0.0170. The molecule has 122 valence electrons. The SMILES string of the molecule is O=C1[C@@H]2[C@H]3C[C@@H]([C@H](Br)[C@H]3Br)[C@@H]2C(=O)N1c1ccc2ccccc2c1. The summed E-state index contributed by atoms with van der Waals surface area (Å²) in [6, 6.07) is 13.8. The third kappa shape index (κ3) is 1.83. The third-order valence-electron chi connectivity index (χ3n) is 5.98. The number of imide groups is 1. The van der Waals surface area contributed by atoms with Crippen LogP contribution in [0, 0.1) is 23.7 Å². The van der Waals surface area contributed by atoms with Crippen LogP contribution in [0.3, 0.4) is 0 Å². The molecule has 2 amide bonds. The summed E-state index contributed by atoms with van der Waals surface area (Å²) < 4.78 is 0. The van der Waals surface area contributed by atoms with E-state index in [-0.39, 0.29) is 45.1 Å². The summed E-state index contributed by atoms with van der Waals surface area (Å²) in [5, 5.41) is 2.16. The first-order valence-corrected chi connectivity index (χ1v) is 10.1. The lowest BCUT2D eigenvalue weighted by Crippen LogP contribution is -2.37. The van der Waals surface area contributed by atoms with E-state index in [1.807, 2.05) is 42.5 Å². The van der Waals surface area contributed by atoms with Crippen LogP contribution < -0.4 is 4.90 Å². The van der Waals surface area contributed by atoms with E-state index in [0.29, 0.717) is 5.69 Å². The number of nitrogens with zero attached hydrogens (tertiary/aromatic N) is 1. The van der Waals surface area contributed by atoms with Gasteiger partial charge in [0.2, 0.25) is 11.8 Å². The summed E-state index contributed by atoms with van der Waals surface area (Å²) in [5.74, 6) is 0.158. The van der Waals surface area contributed by atoms with Crippen LogP contribution in [0.4, 0.5) is 5.69 Å². The zero-order chi connectivity index (χ0) is 16.6. The maximum Gasteiger partial charge on any atom is 0.238 e. The monoisotopic (exact) mass is 447 g/mol. The molecular formula is C19H15Br2NO2. The van der Waals surface area contributed by atoms with Crippen LogP contribution in [0.25, 0.3) is 10.8 Å². The minimum Gasteiger partial charge on any atom is -0.274 e. The second-order valence-corrected chi connectivity index (χ2v) is 9.16. The van der Waals surface area contributed by atoms with Crippen molar-refractivity contribution in [2.24, 2.45) is 23.7 Å². The number of hydrogen-bond donors (Lipinski definition) is 0. The van der Waals surface area contributed by atoms with Crippen molar-refractivity contribution in [1.29, 1.82) is 0 Å². The predicted octanol–water partition coefficient (Wildman–Crippen LogP) is 4.12. The number of halogens is 2. The molecule has 1 saturated heterocycles. The van der Waals surface area contributed by atoms with Crippen molar-refractivity contribution in [2.75, 3.05) is 4.90 Å². The zero-order valence-electron chi connectivity index (χ0n) is 12.7. The van der Waals surface area contributed by atoms with Gasteiger partial charge in [0.15, 0.2) is 0 Å². The molecule has 0 aromatic heterocycles. The first-order valence-electron chi connectivity index (χ1n) is 8.22. The molecule has 3 aliphatic rings. The average Bonchev–Trinajstić information content (AvgIpc) is 3.19. The lowest BCUT2D eigenvalue weighted by atomic mass is 9.81. The molecule has 2 aromatic carbocycles. The van der Waals surface area contributed by atoms with Crippen LogP contribution >= 0.6 is 31.9 Å². The Hall–Kier alpha value is -1.20. The number of carbonyl (C=O) groups is 2. The van der Waals surface area contributed by atoms with E-state index in [1.54, 1.807) is 0 Å². The Labute approximate surface area is 156 Å². The van der Waals surface area contributed by atoms with Gasteiger partial charge < -0.3 is 0 Å². The van der Waals surface area contributed by atoms with Crippen molar-refractivity contribution in [1.82, 2.24) is 0 Å². The highest BCUT2D eigenvalue weighted by Crippen LogP contribution is 2.60. The first-order chi connectivity index (χ1) is 11.6. The van der Waals surface area contributed by atoms with Gasteiger partial charge in [-0.1, -0.05) is 62.2 Å². The molecule has 1 aliphatic heterocycles. The zero-order valence-corrected chi connectivity index (χ0v) is 15.9. The van der Waals surface area contributed by atoms with Gasteiger partial charge in [-0.3, -0.25) is 14.5 Å². The predicted molar refractivity (Wildman–Crippen MR) is 100 cm³/mol. The molecule has 3 nitrogen and oxygen atoms in total. The van der Waals surface area contributed by atoms with E-state index < -0.39 is 0 Å². The van der Waals surface area contributed by atoms with Gasteiger partial charge in [0, 0.05) is 9.65 Å². The molecule has 0 unspecified atom stereocenters. The number of anilines is 1. The van der Waals surface area contributed by atoms with Gasteiger partial charge in [-0.25, -0.2) is 0 Å². The van der Waals surface area contributed by atoms with Crippen molar-refractivity contribution < 1.29 is 9.59 Å². The van der Waals surface area contributed by atoms with Gasteiger partial charge in [-0.15, -0.1) is 0 Å². The topological polar surface area (TPSA) is 37.4 Å². The molecule has 1 heterocycles. The summed E-state index contributed by atoms with van der Waals surface area (Å²) in [6.07, 6.45) is 0.963.